The van der Waals surface area contributed by atoms with Gasteiger partial charge in [-0.1, -0.05) is 115 Å². The highest BCUT2D eigenvalue weighted by molar-refractivity contribution is 8.01. The summed E-state index contributed by atoms with van der Waals surface area (Å²) < 4.78 is 0. The number of terminal acetylenes is 2. The Bertz CT molecular complexity index is 1400. The topological polar surface area (TPSA) is 24.1 Å². The minimum absolute atomic E-state index is 0.132. The van der Waals surface area contributed by atoms with Gasteiger partial charge in [-0.05, 0) is 73.6 Å². The third kappa shape index (κ3) is 8.73. The van der Waals surface area contributed by atoms with Crippen LogP contribution in [0.1, 0.15) is 134 Å². The van der Waals surface area contributed by atoms with Gasteiger partial charge in [0.05, 0.1) is 32.3 Å². The van der Waals surface area contributed by atoms with Crippen molar-refractivity contribution in [1.29, 1.82) is 0 Å². The second kappa shape index (κ2) is 16.4. The van der Waals surface area contributed by atoms with E-state index in [0.717, 1.165) is 68.8 Å². The van der Waals surface area contributed by atoms with Crippen LogP contribution in [0.2, 0.25) is 0 Å². The van der Waals surface area contributed by atoms with E-state index in [0.29, 0.717) is 0 Å². The fourth-order valence-corrected chi connectivity index (χ4v) is 11.3. The van der Waals surface area contributed by atoms with Crippen molar-refractivity contribution in [2.75, 3.05) is 10.6 Å². The van der Waals surface area contributed by atoms with Gasteiger partial charge in [-0.3, -0.25) is 0 Å². The molecular formula is C40H52N2S4. The molecule has 0 fully saturated rings. The number of hydrogen-bond donors (Lipinski definition) is 2. The van der Waals surface area contributed by atoms with E-state index in [4.69, 9.17) is 12.8 Å². The van der Waals surface area contributed by atoms with Crippen molar-refractivity contribution in [2.24, 2.45) is 23.7 Å². The Morgan fingerprint density at radius 2 is 1.02 bits per heavy atom. The Morgan fingerprint density at radius 1 is 0.609 bits per heavy atom. The van der Waals surface area contributed by atoms with Crippen LogP contribution in [0.5, 0.6) is 0 Å². The summed E-state index contributed by atoms with van der Waals surface area (Å²) >= 11 is 7.50. The Hall–Kier alpha value is -1.96. The average Bonchev–Trinajstić information content (AvgIpc) is 3.83. The molecule has 2 nitrogen and oxygen atoms in total. The molecule has 0 saturated heterocycles. The van der Waals surface area contributed by atoms with Crippen LogP contribution in [0.15, 0.2) is 34.1 Å². The van der Waals surface area contributed by atoms with Crippen molar-refractivity contribution < 1.29 is 0 Å². The molecule has 4 heterocycles. The molecule has 4 unspecified atom stereocenters. The van der Waals surface area contributed by atoms with Crippen molar-refractivity contribution in [3.05, 3.63) is 54.9 Å². The molecule has 6 heteroatoms. The second-order valence-electron chi connectivity index (χ2n) is 14.3. The first-order valence-corrected chi connectivity index (χ1v) is 20.8. The summed E-state index contributed by atoms with van der Waals surface area (Å²) in [5.74, 6) is 9.24. The van der Waals surface area contributed by atoms with Gasteiger partial charge in [0, 0.05) is 19.5 Å². The zero-order chi connectivity index (χ0) is 32.8. The van der Waals surface area contributed by atoms with Gasteiger partial charge in [0.1, 0.15) is 10.7 Å². The fourth-order valence-electron chi connectivity index (χ4n) is 6.46. The highest BCUT2D eigenvalue weighted by Gasteiger charge is 2.37. The van der Waals surface area contributed by atoms with Gasteiger partial charge in [0.15, 0.2) is 0 Å². The molecule has 0 bridgehead atoms. The standard InChI is InChI=1S/C40H52N2S4/c1-9-31-35-38(46-39(41-35)33-23-21-29(43-33)19-17-27(7)15-11-13-25(3)4)32(10-2)36-37(31)45-40(42-36)34-24-22-30(44-34)20-18-28(8)16-12-14-26(5)6/h1-2,21-28,39-42H,11-20H2,3-8H3. The summed E-state index contributed by atoms with van der Waals surface area (Å²) in [4.78, 5) is 7.84. The lowest BCUT2D eigenvalue weighted by Crippen LogP contribution is -2.02. The minimum Gasteiger partial charge on any atom is -0.367 e. The van der Waals surface area contributed by atoms with Crippen molar-refractivity contribution in [3.63, 3.8) is 0 Å². The Morgan fingerprint density at radius 3 is 1.39 bits per heavy atom. The smallest absolute Gasteiger partial charge is 0.112 e. The summed E-state index contributed by atoms with van der Waals surface area (Å²) in [6.45, 7) is 14.1. The predicted molar refractivity (Wildman–Crippen MR) is 208 cm³/mol. The van der Waals surface area contributed by atoms with Crippen molar-refractivity contribution in [3.8, 4) is 24.7 Å². The minimum atomic E-state index is 0.132. The summed E-state index contributed by atoms with van der Waals surface area (Å²) in [5.41, 5.74) is 3.95. The third-order valence-electron chi connectivity index (χ3n) is 9.32. The first-order chi connectivity index (χ1) is 22.2. The average molecular weight is 689 g/mol. The van der Waals surface area contributed by atoms with E-state index >= 15 is 0 Å². The lowest BCUT2D eigenvalue weighted by Gasteiger charge is -2.12. The first kappa shape index (κ1) is 35.3. The van der Waals surface area contributed by atoms with Crippen molar-refractivity contribution in [2.45, 2.75) is 126 Å². The van der Waals surface area contributed by atoms with Crippen LogP contribution in [0.4, 0.5) is 11.4 Å². The number of benzene rings is 1. The van der Waals surface area contributed by atoms with Gasteiger partial charge in [-0.25, -0.2) is 0 Å². The molecule has 246 valence electrons. The van der Waals surface area contributed by atoms with Crippen molar-refractivity contribution in [1.82, 2.24) is 0 Å². The molecule has 0 saturated carbocycles. The van der Waals surface area contributed by atoms with Gasteiger partial charge in [0.2, 0.25) is 0 Å². The zero-order valence-electron chi connectivity index (χ0n) is 28.6. The van der Waals surface area contributed by atoms with E-state index < -0.39 is 0 Å². The maximum atomic E-state index is 6.21. The number of aryl methyl sites for hydroxylation is 2. The van der Waals surface area contributed by atoms with Crippen molar-refractivity contribution >= 4 is 57.6 Å². The summed E-state index contributed by atoms with van der Waals surface area (Å²) in [5, 5.41) is 7.85. The van der Waals surface area contributed by atoms with Crippen LogP contribution < -0.4 is 10.6 Å². The van der Waals surface area contributed by atoms with Crippen LogP contribution in [-0.4, -0.2) is 0 Å². The van der Waals surface area contributed by atoms with E-state index in [-0.39, 0.29) is 10.7 Å². The van der Waals surface area contributed by atoms with Gasteiger partial charge >= 0.3 is 0 Å². The number of thiophene rings is 2. The number of fused-ring (bicyclic) bond motifs is 2. The number of nitrogens with one attached hydrogen (secondary N) is 2. The summed E-state index contributed by atoms with van der Waals surface area (Å²) in [6.07, 6.45) is 25.3. The fraction of sp³-hybridized carbons (Fsp3) is 0.550. The molecule has 2 aromatic heterocycles. The van der Waals surface area contributed by atoms with E-state index in [1.165, 1.54) is 70.9 Å². The van der Waals surface area contributed by atoms with Gasteiger partial charge in [-0.2, -0.15) is 0 Å². The molecule has 46 heavy (non-hydrogen) atoms. The molecule has 0 aliphatic carbocycles. The lowest BCUT2D eigenvalue weighted by atomic mass is 9.96. The lowest BCUT2D eigenvalue weighted by molar-refractivity contribution is 0.437. The number of rotatable bonds is 16. The molecule has 0 radical (unpaired) electrons. The molecular weight excluding hydrogens is 637 g/mol. The highest BCUT2D eigenvalue weighted by atomic mass is 32.2. The predicted octanol–water partition coefficient (Wildman–Crippen LogP) is 13.0. The number of thioether (sulfide) groups is 2. The van der Waals surface area contributed by atoms with Crippen LogP contribution in [0, 0.1) is 48.4 Å². The van der Waals surface area contributed by atoms with Crippen LogP contribution in [0.25, 0.3) is 0 Å². The Labute approximate surface area is 296 Å². The van der Waals surface area contributed by atoms with E-state index in [1.54, 1.807) is 0 Å². The maximum absolute atomic E-state index is 6.21. The highest BCUT2D eigenvalue weighted by Crippen LogP contribution is 2.59. The van der Waals surface area contributed by atoms with Crippen LogP contribution in [0.3, 0.4) is 0 Å². The van der Waals surface area contributed by atoms with Crippen LogP contribution in [-0.2, 0) is 12.8 Å². The third-order valence-corrected chi connectivity index (χ3v) is 14.5. The van der Waals surface area contributed by atoms with E-state index in [2.05, 4.69) is 88.3 Å². The SMILES string of the molecule is C#Cc1c2c(c(C#C)c3c1SC(c1ccc(CCC(C)CCCC(C)C)s1)N3)SC(c1ccc(CCC(C)CCCC(C)C)s1)N2. The summed E-state index contributed by atoms with van der Waals surface area (Å²) in [7, 11) is 0. The molecule has 4 atom stereocenters. The van der Waals surface area contributed by atoms with Crippen LogP contribution >= 0.6 is 46.2 Å². The maximum Gasteiger partial charge on any atom is 0.112 e. The van der Waals surface area contributed by atoms with Gasteiger partial charge < -0.3 is 10.6 Å². The number of anilines is 2. The molecule has 0 spiro atoms. The Balaban J connectivity index is 1.22. The van der Waals surface area contributed by atoms with E-state index in [1.807, 2.05) is 46.2 Å². The largest absolute Gasteiger partial charge is 0.367 e. The molecule has 0 amide bonds. The molecule has 2 N–H and O–H groups in total. The molecule has 3 aromatic rings. The molecule has 2 aliphatic heterocycles. The van der Waals surface area contributed by atoms with E-state index in [9.17, 15) is 0 Å². The molecule has 5 rings (SSSR count). The second-order valence-corrected chi connectivity index (χ2v) is 18.9. The van der Waals surface area contributed by atoms with Gasteiger partial charge in [0.25, 0.3) is 0 Å². The monoisotopic (exact) mass is 688 g/mol. The quantitative estimate of drug-likeness (QED) is 0.146. The Kier molecular flexibility index (Phi) is 12.6. The normalized spacial score (nSPS) is 18.1. The number of hydrogen-bond acceptors (Lipinski definition) is 6. The molecule has 1 aromatic carbocycles. The first-order valence-electron chi connectivity index (χ1n) is 17.4. The van der Waals surface area contributed by atoms with Gasteiger partial charge in [-0.15, -0.1) is 35.5 Å². The molecule has 2 aliphatic rings. The zero-order valence-corrected chi connectivity index (χ0v) is 31.9. The summed E-state index contributed by atoms with van der Waals surface area (Å²) in [6, 6.07) is 9.23.